The zero-order chi connectivity index (χ0) is 12.8. The van der Waals surface area contributed by atoms with E-state index in [1.165, 1.54) is 4.88 Å². The van der Waals surface area contributed by atoms with Crippen LogP contribution in [-0.2, 0) is 0 Å². The molecule has 0 unspecified atom stereocenters. The first-order valence-corrected chi connectivity index (χ1v) is 6.79. The van der Waals surface area contributed by atoms with E-state index in [1.807, 2.05) is 28.8 Å². The summed E-state index contributed by atoms with van der Waals surface area (Å²) in [6, 6.07) is 10.2. The Labute approximate surface area is 113 Å². The fraction of sp³-hybridized carbons (Fsp3) is 0.0714. The predicted octanol–water partition coefficient (Wildman–Crippen LogP) is 3.31. The molecular formula is C14H10N4S. The molecule has 4 nitrogen and oxygen atoms in total. The number of nitrogens with zero attached hydrogens (tertiary/aromatic N) is 4. The molecule has 0 aliphatic carbocycles. The van der Waals surface area contributed by atoms with Crippen LogP contribution in [0.4, 0.5) is 0 Å². The van der Waals surface area contributed by atoms with Crippen molar-refractivity contribution in [3.05, 3.63) is 47.7 Å². The van der Waals surface area contributed by atoms with E-state index < -0.39 is 0 Å². The summed E-state index contributed by atoms with van der Waals surface area (Å²) in [5.74, 6) is 0. The molecule has 92 valence electrons. The molecule has 4 aromatic heterocycles. The van der Waals surface area contributed by atoms with Gasteiger partial charge in [0.1, 0.15) is 16.9 Å². The molecule has 4 aromatic rings. The van der Waals surface area contributed by atoms with E-state index in [0.717, 1.165) is 27.1 Å². The number of thiophene rings is 1. The molecule has 0 saturated heterocycles. The van der Waals surface area contributed by atoms with Gasteiger partial charge in [0.2, 0.25) is 0 Å². The fourth-order valence-electron chi connectivity index (χ4n) is 2.31. The van der Waals surface area contributed by atoms with Crippen LogP contribution in [0.3, 0.4) is 0 Å². The van der Waals surface area contributed by atoms with Crippen LogP contribution < -0.4 is 0 Å². The van der Waals surface area contributed by atoms with Crippen molar-refractivity contribution in [3.8, 4) is 11.4 Å². The highest BCUT2D eigenvalue weighted by atomic mass is 32.1. The molecule has 0 amide bonds. The molecular weight excluding hydrogens is 256 g/mol. The topological polar surface area (TPSA) is 43.1 Å². The van der Waals surface area contributed by atoms with Gasteiger partial charge in [-0.05, 0) is 31.2 Å². The molecule has 4 rings (SSSR count). The standard InChI is InChI=1S/C14H10N4S/c1-9-7-11-13(15-8-16-14(11)19-9)12-4-2-3-10-5-6-17-18(10)12/h2-8H,1H3. The SMILES string of the molecule is Cc1cc2c(-c3cccc4ccnn34)ncnc2s1. The molecule has 4 heterocycles. The second-order valence-corrected chi connectivity index (χ2v) is 5.61. The van der Waals surface area contributed by atoms with Crippen LogP contribution in [0.5, 0.6) is 0 Å². The number of fused-ring (bicyclic) bond motifs is 2. The maximum Gasteiger partial charge on any atom is 0.127 e. The second kappa shape index (κ2) is 3.86. The molecule has 19 heavy (non-hydrogen) atoms. The van der Waals surface area contributed by atoms with E-state index in [9.17, 15) is 0 Å². The van der Waals surface area contributed by atoms with Crippen LogP contribution in [0.15, 0.2) is 42.9 Å². The van der Waals surface area contributed by atoms with Crippen LogP contribution in [-0.4, -0.2) is 19.6 Å². The summed E-state index contributed by atoms with van der Waals surface area (Å²) >= 11 is 1.69. The summed E-state index contributed by atoms with van der Waals surface area (Å²) < 4.78 is 1.91. The number of rotatable bonds is 1. The summed E-state index contributed by atoms with van der Waals surface area (Å²) in [6.45, 7) is 2.09. The lowest BCUT2D eigenvalue weighted by molar-refractivity contribution is 0.963. The van der Waals surface area contributed by atoms with Crippen molar-refractivity contribution < 1.29 is 0 Å². The monoisotopic (exact) mass is 266 g/mol. The van der Waals surface area contributed by atoms with Gasteiger partial charge in [-0.3, -0.25) is 0 Å². The van der Waals surface area contributed by atoms with Crippen LogP contribution >= 0.6 is 11.3 Å². The van der Waals surface area contributed by atoms with E-state index >= 15 is 0 Å². The summed E-state index contributed by atoms with van der Waals surface area (Å²) in [5.41, 5.74) is 2.99. The van der Waals surface area contributed by atoms with Crippen molar-refractivity contribution in [2.24, 2.45) is 0 Å². The van der Waals surface area contributed by atoms with Gasteiger partial charge in [0.05, 0.1) is 17.4 Å². The number of aryl methyl sites for hydroxylation is 1. The Morgan fingerprint density at radius 2 is 2.11 bits per heavy atom. The van der Waals surface area contributed by atoms with Crippen molar-refractivity contribution in [1.82, 2.24) is 19.6 Å². The van der Waals surface area contributed by atoms with Crippen LogP contribution in [0.1, 0.15) is 4.88 Å². The fourth-order valence-corrected chi connectivity index (χ4v) is 3.16. The van der Waals surface area contributed by atoms with Crippen molar-refractivity contribution in [1.29, 1.82) is 0 Å². The molecule has 0 N–H and O–H groups in total. The number of hydrogen-bond acceptors (Lipinski definition) is 4. The zero-order valence-electron chi connectivity index (χ0n) is 10.2. The molecule has 0 bridgehead atoms. The minimum Gasteiger partial charge on any atom is -0.234 e. The maximum atomic E-state index is 4.45. The van der Waals surface area contributed by atoms with Gasteiger partial charge in [-0.1, -0.05) is 6.07 Å². The van der Waals surface area contributed by atoms with Crippen molar-refractivity contribution in [3.63, 3.8) is 0 Å². The summed E-state index contributed by atoms with van der Waals surface area (Å²) in [5, 5.41) is 5.46. The predicted molar refractivity (Wildman–Crippen MR) is 76.3 cm³/mol. The van der Waals surface area contributed by atoms with Crippen LogP contribution in [0, 0.1) is 6.92 Å². The van der Waals surface area contributed by atoms with E-state index in [4.69, 9.17) is 0 Å². The Bertz CT molecular complexity index is 891. The van der Waals surface area contributed by atoms with Gasteiger partial charge in [0.25, 0.3) is 0 Å². The van der Waals surface area contributed by atoms with E-state index in [0.29, 0.717) is 0 Å². The highest BCUT2D eigenvalue weighted by molar-refractivity contribution is 7.18. The second-order valence-electron chi connectivity index (χ2n) is 4.38. The van der Waals surface area contributed by atoms with Gasteiger partial charge >= 0.3 is 0 Å². The largest absolute Gasteiger partial charge is 0.234 e. The molecule has 0 spiro atoms. The van der Waals surface area contributed by atoms with Crippen molar-refractivity contribution >= 4 is 27.1 Å². The van der Waals surface area contributed by atoms with Gasteiger partial charge in [0.15, 0.2) is 0 Å². The Kier molecular flexibility index (Phi) is 2.16. The Balaban J connectivity index is 2.12. The molecule has 0 aliphatic heterocycles. The molecule has 5 heteroatoms. The van der Waals surface area contributed by atoms with Gasteiger partial charge in [-0.25, -0.2) is 14.5 Å². The Hall–Kier alpha value is -2.27. The third-order valence-electron chi connectivity index (χ3n) is 3.12. The van der Waals surface area contributed by atoms with Gasteiger partial charge < -0.3 is 0 Å². The zero-order valence-corrected chi connectivity index (χ0v) is 11.1. The van der Waals surface area contributed by atoms with Gasteiger partial charge in [0, 0.05) is 10.3 Å². The molecule has 0 saturated carbocycles. The normalized spacial score (nSPS) is 11.4. The smallest absolute Gasteiger partial charge is 0.127 e. The van der Waals surface area contributed by atoms with Gasteiger partial charge in [-0.15, -0.1) is 11.3 Å². The lowest BCUT2D eigenvalue weighted by atomic mass is 10.2. The molecule has 0 aliphatic rings. The summed E-state index contributed by atoms with van der Waals surface area (Å²) in [6.07, 6.45) is 3.42. The number of aromatic nitrogens is 4. The van der Waals surface area contributed by atoms with Crippen LogP contribution in [0.2, 0.25) is 0 Å². The first kappa shape index (κ1) is 10.6. The molecule has 0 fully saturated rings. The first-order valence-electron chi connectivity index (χ1n) is 5.97. The molecule has 0 aromatic carbocycles. The Morgan fingerprint density at radius 1 is 1.16 bits per heavy atom. The minimum atomic E-state index is 0.934. The average molecular weight is 266 g/mol. The van der Waals surface area contributed by atoms with E-state index in [1.54, 1.807) is 23.9 Å². The van der Waals surface area contributed by atoms with Crippen LogP contribution in [0.25, 0.3) is 27.1 Å². The number of pyridine rings is 1. The van der Waals surface area contributed by atoms with Gasteiger partial charge in [-0.2, -0.15) is 5.10 Å². The summed E-state index contributed by atoms with van der Waals surface area (Å²) in [7, 11) is 0. The highest BCUT2D eigenvalue weighted by Gasteiger charge is 2.11. The lowest BCUT2D eigenvalue weighted by Crippen LogP contribution is -1.95. The first-order chi connectivity index (χ1) is 9.33. The van der Waals surface area contributed by atoms with Crippen molar-refractivity contribution in [2.75, 3.05) is 0 Å². The van der Waals surface area contributed by atoms with Crippen molar-refractivity contribution in [2.45, 2.75) is 6.92 Å². The van der Waals surface area contributed by atoms with E-state index in [2.05, 4.69) is 28.1 Å². The Morgan fingerprint density at radius 3 is 3.05 bits per heavy atom. The number of hydrogen-bond donors (Lipinski definition) is 0. The highest BCUT2D eigenvalue weighted by Crippen LogP contribution is 2.30. The third-order valence-corrected chi connectivity index (χ3v) is 4.08. The van der Waals surface area contributed by atoms with E-state index in [-0.39, 0.29) is 0 Å². The summed E-state index contributed by atoms with van der Waals surface area (Å²) in [4.78, 5) is 11.0. The lowest BCUT2D eigenvalue weighted by Gasteiger charge is -2.04. The maximum absolute atomic E-state index is 4.45. The average Bonchev–Trinajstić information content (AvgIpc) is 3.02. The quantitative estimate of drug-likeness (QED) is 0.531. The minimum absolute atomic E-state index is 0.934. The third kappa shape index (κ3) is 1.55. The molecule has 0 atom stereocenters. The molecule has 0 radical (unpaired) electrons.